The van der Waals surface area contributed by atoms with E-state index in [1.54, 1.807) is 6.92 Å². The molecule has 0 spiro atoms. The van der Waals surface area contributed by atoms with E-state index in [4.69, 9.17) is 19.2 Å². The Kier molecular flexibility index (Phi) is 8.11. The number of aliphatic imine (C=N–C) groups is 1. The van der Waals surface area contributed by atoms with Gasteiger partial charge >= 0.3 is 5.97 Å². The lowest BCUT2D eigenvalue weighted by molar-refractivity contribution is 0.0531. The highest BCUT2D eigenvalue weighted by Crippen LogP contribution is 2.30. The smallest absolute Gasteiger partial charge is 0.350 e. The van der Waals surface area contributed by atoms with E-state index in [2.05, 4.69) is 15.6 Å². The Morgan fingerprint density at radius 3 is 2.81 bits per heavy atom. The van der Waals surface area contributed by atoms with Gasteiger partial charge in [0.2, 0.25) is 0 Å². The number of nitrogens with zero attached hydrogens (tertiary/aromatic N) is 2. The number of rotatable bonds is 7. The Balaban J connectivity index is 1.69. The monoisotopic (exact) mass is 446 g/mol. The molecule has 0 saturated carbocycles. The van der Waals surface area contributed by atoms with Gasteiger partial charge in [0.25, 0.3) is 0 Å². The fraction of sp³-hybridized carbons (Fsp3) is 0.500. The first-order valence-corrected chi connectivity index (χ1v) is 11.4. The number of guanidine groups is 1. The number of carbonyl (C=O) groups is 1. The lowest BCUT2D eigenvalue weighted by atomic mass is 10.2. The van der Waals surface area contributed by atoms with E-state index < -0.39 is 0 Å². The Labute approximate surface area is 187 Å². The van der Waals surface area contributed by atoms with Gasteiger partial charge in [0.15, 0.2) is 17.5 Å². The molecule has 168 valence electrons. The number of esters is 1. The molecule has 1 aromatic heterocycles. The van der Waals surface area contributed by atoms with Gasteiger partial charge in [0.05, 0.1) is 38.1 Å². The first-order chi connectivity index (χ1) is 15.0. The lowest BCUT2D eigenvalue weighted by Gasteiger charge is -2.16. The fourth-order valence-electron chi connectivity index (χ4n) is 3.05. The van der Waals surface area contributed by atoms with Crippen molar-refractivity contribution in [3.8, 4) is 11.5 Å². The number of thiazole rings is 1. The summed E-state index contributed by atoms with van der Waals surface area (Å²) in [6, 6.07) is 5.80. The number of hydrogen-bond donors (Lipinski definition) is 2. The highest BCUT2D eigenvalue weighted by Gasteiger charge is 2.20. The molecule has 1 atom stereocenters. The summed E-state index contributed by atoms with van der Waals surface area (Å²) in [5, 5.41) is 7.43. The lowest BCUT2D eigenvalue weighted by Crippen LogP contribution is -2.38. The zero-order chi connectivity index (χ0) is 22.2. The number of benzene rings is 1. The molecule has 0 amide bonds. The van der Waals surface area contributed by atoms with Crippen molar-refractivity contribution in [3.05, 3.63) is 39.3 Å². The van der Waals surface area contributed by atoms with Crippen molar-refractivity contribution in [1.82, 2.24) is 15.6 Å². The van der Waals surface area contributed by atoms with E-state index in [1.807, 2.05) is 39.0 Å². The third-order valence-corrected chi connectivity index (χ3v) is 5.89. The van der Waals surface area contributed by atoms with Crippen molar-refractivity contribution >= 4 is 23.3 Å². The number of hydrogen-bond acceptors (Lipinski definition) is 7. The van der Waals surface area contributed by atoms with Crippen molar-refractivity contribution in [2.75, 3.05) is 26.4 Å². The molecule has 31 heavy (non-hydrogen) atoms. The SMILES string of the molecule is CCNC(=NCc1ccc2c(c1)OCCCO2)NC(C)c1nc(C)c(C(=O)OCC)s1. The quantitative estimate of drug-likeness (QED) is 0.381. The Bertz CT molecular complexity index is 928. The van der Waals surface area contributed by atoms with Gasteiger partial charge in [-0.1, -0.05) is 6.07 Å². The summed E-state index contributed by atoms with van der Waals surface area (Å²) in [5.41, 5.74) is 1.71. The van der Waals surface area contributed by atoms with E-state index >= 15 is 0 Å². The van der Waals surface area contributed by atoms with E-state index in [0.717, 1.165) is 35.0 Å². The summed E-state index contributed by atoms with van der Waals surface area (Å²) in [7, 11) is 0. The summed E-state index contributed by atoms with van der Waals surface area (Å²) < 4.78 is 16.6. The van der Waals surface area contributed by atoms with Crippen LogP contribution in [0.4, 0.5) is 0 Å². The van der Waals surface area contributed by atoms with Crippen LogP contribution >= 0.6 is 11.3 Å². The fourth-order valence-corrected chi connectivity index (χ4v) is 4.01. The van der Waals surface area contributed by atoms with Gasteiger partial charge in [0, 0.05) is 13.0 Å². The Hall–Kier alpha value is -2.81. The normalized spacial score (nSPS) is 14.5. The molecule has 1 aromatic carbocycles. The molecule has 9 heteroatoms. The molecule has 0 bridgehead atoms. The summed E-state index contributed by atoms with van der Waals surface area (Å²) in [6.07, 6.45) is 0.878. The molecular formula is C22H30N4O4S. The van der Waals surface area contributed by atoms with Crippen molar-refractivity contribution in [2.24, 2.45) is 4.99 Å². The van der Waals surface area contributed by atoms with E-state index in [1.165, 1.54) is 11.3 Å². The molecule has 0 fully saturated rings. The van der Waals surface area contributed by atoms with Crippen LogP contribution in [0.15, 0.2) is 23.2 Å². The summed E-state index contributed by atoms with van der Waals surface area (Å²) >= 11 is 1.35. The van der Waals surface area contributed by atoms with Gasteiger partial charge in [-0.3, -0.25) is 0 Å². The van der Waals surface area contributed by atoms with Crippen LogP contribution in [0.25, 0.3) is 0 Å². The van der Waals surface area contributed by atoms with E-state index in [0.29, 0.717) is 42.9 Å². The minimum absolute atomic E-state index is 0.117. The second-order valence-corrected chi connectivity index (χ2v) is 8.11. The molecule has 2 aromatic rings. The average Bonchev–Trinajstić information content (AvgIpc) is 2.99. The topological polar surface area (TPSA) is 94.1 Å². The van der Waals surface area contributed by atoms with Crippen LogP contribution in [0.1, 0.15) is 59.2 Å². The minimum Gasteiger partial charge on any atom is -0.490 e. The molecule has 0 saturated heterocycles. The highest BCUT2D eigenvalue weighted by molar-refractivity contribution is 7.13. The molecule has 2 heterocycles. The Morgan fingerprint density at radius 1 is 1.29 bits per heavy atom. The van der Waals surface area contributed by atoms with Crippen molar-refractivity contribution < 1.29 is 19.0 Å². The van der Waals surface area contributed by atoms with Crippen LogP contribution in [0.3, 0.4) is 0 Å². The van der Waals surface area contributed by atoms with Crippen LogP contribution in [0, 0.1) is 6.92 Å². The number of nitrogens with one attached hydrogen (secondary N) is 2. The number of ether oxygens (including phenoxy) is 3. The maximum Gasteiger partial charge on any atom is 0.350 e. The van der Waals surface area contributed by atoms with E-state index in [-0.39, 0.29) is 12.0 Å². The second kappa shape index (κ2) is 11.0. The number of carbonyl (C=O) groups excluding carboxylic acids is 1. The van der Waals surface area contributed by atoms with E-state index in [9.17, 15) is 4.79 Å². The first-order valence-electron chi connectivity index (χ1n) is 10.6. The number of aryl methyl sites for hydroxylation is 1. The van der Waals surface area contributed by atoms with Gasteiger partial charge < -0.3 is 24.8 Å². The highest BCUT2D eigenvalue weighted by atomic mass is 32.1. The molecule has 1 aliphatic heterocycles. The number of aromatic nitrogens is 1. The van der Waals surface area contributed by atoms with Crippen molar-refractivity contribution in [3.63, 3.8) is 0 Å². The molecule has 1 unspecified atom stereocenters. The zero-order valence-electron chi connectivity index (χ0n) is 18.5. The largest absolute Gasteiger partial charge is 0.490 e. The van der Waals surface area contributed by atoms with Crippen molar-refractivity contribution in [1.29, 1.82) is 0 Å². The van der Waals surface area contributed by atoms with Crippen LogP contribution < -0.4 is 20.1 Å². The zero-order valence-corrected chi connectivity index (χ0v) is 19.3. The second-order valence-electron chi connectivity index (χ2n) is 7.08. The Morgan fingerprint density at radius 2 is 2.06 bits per heavy atom. The molecule has 1 aliphatic rings. The predicted molar refractivity (Wildman–Crippen MR) is 121 cm³/mol. The first kappa shape index (κ1) is 22.9. The molecule has 3 rings (SSSR count). The maximum atomic E-state index is 12.1. The van der Waals surface area contributed by atoms with Gasteiger partial charge in [-0.15, -0.1) is 11.3 Å². The minimum atomic E-state index is -0.328. The van der Waals surface area contributed by atoms with Crippen LogP contribution in [-0.2, 0) is 11.3 Å². The van der Waals surface area contributed by atoms with Crippen molar-refractivity contribution in [2.45, 2.75) is 46.7 Å². The molecule has 2 N–H and O–H groups in total. The molecular weight excluding hydrogens is 416 g/mol. The summed E-state index contributed by atoms with van der Waals surface area (Å²) in [5.74, 6) is 1.89. The number of fused-ring (bicyclic) bond motifs is 1. The molecule has 0 radical (unpaired) electrons. The summed E-state index contributed by atoms with van der Waals surface area (Å²) in [4.78, 5) is 21.9. The van der Waals surface area contributed by atoms with Gasteiger partial charge in [-0.05, 0) is 45.4 Å². The third kappa shape index (κ3) is 6.10. The van der Waals surface area contributed by atoms with Gasteiger partial charge in [0.1, 0.15) is 9.88 Å². The van der Waals surface area contributed by atoms with Gasteiger partial charge in [-0.25, -0.2) is 14.8 Å². The predicted octanol–water partition coefficient (Wildman–Crippen LogP) is 3.61. The standard InChI is InChI=1S/C22H30N4O4S/c1-5-23-22(24-13-16-8-9-17-18(12-16)30-11-7-10-29-17)26-15(4)20-25-14(3)19(31-20)21(27)28-6-2/h8-9,12,15H,5-7,10-11,13H2,1-4H3,(H2,23,24,26). The van der Waals surface area contributed by atoms with Gasteiger partial charge in [-0.2, -0.15) is 0 Å². The maximum absolute atomic E-state index is 12.1. The van der Waals surface area contributed by atoms with Crippen LogP contribution in [-0.4, -0.2) is 43.3 Å². The summed E-state index contributed by atoms with van der Waals surface area (Å²) in [6.45, 7) is 10.5. The third-order valence-electron chi connectivity index (χ3n) is 4.57. The van der Waals surface area contributed by atoms with Crippen LogP contribution in [0.5, 0.6) is 11.5 Å². The molecule has 8 nitrogen and oxygen atoms in total. The van der Waals surface area contributed by atoms with Crippen LogP contribution in [0.2, 0.25) is 0 Å². The average molecular weight is 447 g/mol. The molecule has 0 aliphatic carbocycles.